The number of ether oxygens (including phenoxy) is 1. The number of unbranched alkanes of at least 4 members (excludes halogenated alkanes) is 2. The van der Waals surface area contributed by atoms with Gasteiger partial charge in [0.1, 0.15) is 5.75 Å². The third-order valence-electron chi connectivity index (χ3n) is 3.56. The summed E-state index contributed by atoms with van der Waals surface area (Å²) in [4.78, 5) is 0. The highest BCUT2D eigenvalue weighted by molar-refractivity contribution is 5.88. The Kier molecular flexibility index (Phi) is 6.55. The molecular formula is C19H27NO. The van der Waals surface area contributed by atoms with Crippen LogP contribution in [0.25, 0.3) is 10.8 Å². The Hall–Kier alpha value is -1.54. The first kappa shape index (κ1) is 15.8. The van der Waals surface area contributed by atoms with Crippen LogP contribution in [-0.4, -0.2) is 19.7 Å². The van der Waals surface area contributed by atoms with Gasteiger partial charge in [0.2, 0.25) is 0 Å². The van der Waals surface area contributed by atoms with Crippen LogP contribution in [0, 0.1) is 5.92 Å². The van der Waals surface area contributed by atoms with Gasteiger partial charge in [0.25, 0.3) is 0 Å². The van der Waals surface area contributed by atoms with Crippen LogP contribution >= 0.6 is 0 Å². The molecule has 2 aromatic carbocycles. The Morgan fingerprint density at radius 1 is 0.952 bits per heavy atom. The van der Waals surface area contributed by atoms with Gasteiger partial charge in [-0.05, 0) is 49.7 Å². The first-order chi connectivity index (χ1) is 10.3. The number of hydrogen-bond donors (Lipinski definition) is 1. The average molecular weight is 285 g/mol. The van der Waals surface area contributed by atoms with Crippen molar-refractivity contribution in [2.75, 3.05) is 19.7 Å². The predicted octanol–water partition coefficient (Wildman–Crippen LogP) is 4.63. The van der Waals surface area contributed by atoms with E-state index in [1.54, 1.807) is 0 Å². The molecule has 2 nitrogen and oxygen atoms in total. The van der Waals surface area contributed by atoms with E-state index in [0.717, 1.165) is 37.8 Å². The highest BCUT2D eigenvalue weighted by Gasteiger charge is 2.00. The summed E-state index contributed by atoms with van der Waals surface area (Å²) in [5.74, 6) is 1.74. The molecule has 1 N–H and O–H groups in total. The van der Waals surface area contributed by atoms with E-state index in [0.29, 0.717) is 0 Å². The molecule has 0 bridgehead atoms. The molecule has 0 fully saturated rings. The summed E-state index contributed by atoms with van der Waals surface area (Å²) < 4.78 is 5.94. The Morgan fingerprint density at radius 2 is 1.76 bits per heavy atom. The molecule has 0 aliphatic rings. The molecule has 0 saturated carbocycles. The molecule has 0 heterocycles. The van der Waals surface area contributed by atoms with E-state index in [4.69, 9.17) is 4.74 Å². The van der Waals surface area contributed by atoms with Gasteiger partial charge in [-0.2, -0.15) is 0 Å². The lowest BCUT2D eigenvalue weighted by Crippen LogP contribution is -2.20. The second kappa shape index (κ2) is 8.68. The van der Waals surface area contributed by atoms with E-state index in [9.17, 15) is 0 Å². The van der Waals surface area contributed by atoms with Crippen molar-refractivity contribution in [1.82, 2.24) is 5.32 Å². The van der Waals surface area contributed by atoms with Crippen molar-refractivity contribution in [3.05, 3.63) is 42.5 Å². The van der Waals surface area contributed by atoms with Crippen molar-refractivity contribution in [2.45, 2.75) is 33.1 Å². The SMILES string of the molecule is CC(C)CNCCCCCOc1cccc2ccccc12. The van der Waals surface area contributed by atoms with Gasteiger partial charge in [-0.15, -0.1) is 0 Å². The first-order valence-corrected chi connectivity index (χ1v) is 8.08. The fourth-order valence-electron chi connectivity index (χ4n) is 2.42. The van der Waals surface area contributed by atoms with E-state index < -0.39 is 0 Å². The molecule has 114 valence electrons. The van der Waals surface area contributed by atoms with Gasteiger partial charge in [0, 0.05) is 5.39 Å². The Balaban J connectivity index is 1.66. The monoisotopic (exact) mass is 285 g/mol. The minimum atomic E-state index is 0.736. The summed E-state index contributed by atoms with van der Waals surface area (Å²) in [6, 6.07) is 14.6. The third-order valence-corrected chi connectivity index (χ3v) is 3.56. The maximum Gasteiger partial charge on any atom is 0.127 e. The highest BCUT2D eigenvalue weighted by Crippen LogP contribution is 2.25. The van der Waals surface area contributed by atoms with E-state index in [2.05, 4.69) is 61.6 Å². The summed E-state index contributed by atoms with van der Waals surface area (Å²) in [7, 11) is 0. The molecule has 0 aliphatic heterocycles. The molecule has 0 unspecified atom stereocenters. The molecule has 21 heavy (non-hydrogen) atoms. The third kappa shape index (κ3) is 5.39. The van der Waals surface area contributed by atoms with Crippen molar-refractivity contribution < 1.29 is 4.74 Å². The minimum Gasteiger partial charge on any atom is -0.493 e. The standard InChI is InChI=1S/C19H27NO/c1-16(2)15-20-13-6-3-7-14-21-19-12-8-10-17-9-4-5-11-18(17)19/h4-5,8-12,16,20H,3,6-7,13-15H2,1-2H3. The molecule has 0 aromatic heterocycles. The van der Waals surface area contributed by atoms with Crippen LogP contribution in [0.1, 0.15) is 33.1 Å². The Labute approximate surface area is 128 Å². The minimum absolute atomic E-state index is 0.736. The zero-order chi connectivity index (χ0) is 14.9. The first-order valence-electron chi connectivity index (χ1n) is 8.08. The molecule has 0 radical (unpaired) electrons. The van der Waals surface area contributed by atoms with Crippen LogP contribution in [0.2, 0.25) is 0 Å². The largest absolute Gasteiger partial charge is 0.493 e. The second-order valence-electron chi connectivity index (χ2n) is 5.98. The fraction of sp³-hybridized carbons (Fsp3) is 0.474. The van der Waals surface area contributed by atoms with E-state index in [1.165, 1.54) is 23.6 Å². The van der Waals surface area contributed by atoms with Gasteiger partial charge in [0.05, 0.1) is 6.61 Å². The van der Waals surface area contributed by atoms with Crippen molar-refractivity contribution >= 4 is 10.8 Å². The maximum atomic E-state index is 5.94. The predicted molar refractivity (Wildman–Crippen MR) is 91.0 cm³/mol. The van der Waals surface area contributed by atoms with E-state index in [-0.39, 0.29) is 0 Å². The van der Waals surface area contributed by atoms with Gasteiger partial charge in [0.15, 0.2) is 0 Å². The van der Waals surface area contributed by atoms with Crippen LogP contribution in [0.15, 0.2) is 42.5 Å². The zero-order valence-electron chi connectivity index (χ0n) is 13.3. The van der Waals surface area contributed by atoms with Gasteiger partial charge < -0.3 is 10.1 Å². The van der Waals surface area contributed by atoms with Crippen molar-refractivity contribution in [1.29, 1.82) is 0 Å². The van der Waals surface area contributed by atoms with Crippen LogP contribution < -0.4 is 10.1 Å². The molecular weight excluding hydrogens is 258 g/mol. The number of benzene rings is 2. The molecule has 2 rings (SSSR count). The lowest BCUT2D eigenvalue weighted by Gasteiger charge is -2.10. The molecule has 0 aliphatic carbocycles. The topological polar surface area (TPSA) is 21.3 Å². The summed E-state index contributed by atoms with van der Waals surface area (Å²) in [6.07, 6.45) is 3.56. The lowest BCUT2D eigenvalue weighted by molar-refractivity contribution is 0.308. The van der Waals surface area contributed by atoms with E-state index >= 15 is 0 Å². The smallest absolute Gasteiger partial charge is 0.127 e. The maximum absolute atomic E-state index is 5.94. The van der Waals surface area contributed by atoms with Crippen molar-refractivity contribution in [3.63, 3.8) is 0 Å². The summed E-state index contributed by atoms with van der Waals surface area (Å²) >= 11 is 0. The summed E-state index contributed by atoms with van der Waals surface area (Å²) in [6.45, 7) is 7.52. The number of hydrogen-bond acceptors (Lipinski definition) is 2. The second-order valence-corrected chi connectivity index (χ2v) is 5.98. The van der Waals surface area contributed by atoms with Crippen LogP contribution in [0.5, 0.6) is 5.75 Å². The molecule has 0 amide bonds. The quantitative estimate of drug-likeness (QED) is 0.678. The van der Waals surface area contributed by atoms with Crippen LogP contribution in [-0.2, 0) is 0 Å². The lowest BCUT2D eigenvalue weighted by atomic mass is 10.1. The Morgan fingerprint density at radius 3 is 2.62 bits per heavy atom. The zero-order valence-corrected chi connectivity index (χ0v) is 13.3. The van der Waals surface area contributed by atoms with Crippen molar-refractivity contribution in [2.24, 2.45) is 5.92 Å². The van der Waals surface area contributed by atoms with Crippen LogP contribution in [0.3, 0.4) is 0 Å². The van der Waals surface area contributed by atoms with Gasteiger partial charge in [-0.25, -0.2) is 0 Å². The fourth-order valence-corrected chi connectivity index (χ4v) is 2.42. The van der Waals surface area contributed by atoms with E-state index in [1.807, 2.05) is 0 Å². The number of rotatable bonds is 9. The average Bonchev–Trinajstić information content (AvgIpc) is 2.50. The van der Waals surface area contributed by atoms with Crippen molar-refractivity contribution in [3.8, 4) is 5.75 Å². The molecule has 0 spiro atoms. The molecule has 0 atom stereocenters. The molecule has 2 heteroatoms. The van der Waals surface area contributed by atoms with Gasteiger partial charge in [-0.3, -0.25) is 0 Å². The Bertz CT molecular complexity index is 531. The van der Waals surface area contributed by atoms with Gasteiger partial charge >= 0.3 is 0 Å². The molecule has 2 aromatic rings. The highest BCUT2D eigenvalue weighted by atomic mass is 16.5. The molecule has 0 saturated heterocycles. The van der Waals surface area contributed by atoms with Gasteiger partial charge in [-0.1, -0.05) is 50.2 Å². The normalized spacial score (nSPS) is 11.2. The summed E-state index contributed by atoms with van der Waals surface area (Å²) in [5.41, 5.74) is 0. The number of fused-ring (bicyclic) bond motifs is 1. The summed E-state index contributed by atoms with van der Waals surface area (Å²) in [5, 5.41) is 5.93. The van der Waals surface area contributed by atoms with Crippen LogP contribution in [0.4, 0.5) is 0 Å². The number of nitrogens with one attached hydrogen (secondary N) is 1.